The molecule has 1 aromatic heterocycles. The smallest absolute Gasteiger partial charge is 0.195 e. The van der Waals surface area contributed by atoms with Crippen molar-refractivity contribution in [3.8, 4) is 11.5 Å². The van der Waals surface area contributed by atoms with E-state index in [4.69, 9.17) is 14.2 Å². The average molecular weight is 261 g/mol. The van der Waals surface area contributed by atoms with E-state index >= 15 is 0 Å². The van der Waals surface area contributed by atoms with Crippen LogP contribution in [0.3, 0.4) is 0 Å². The Bertz CT molecular complexity index is 685. The number of hydrogen-bond acceptors (Lipinski definition) is 4. The molecule has 1 aliphatic heterocycles. The molecule has 0 unspecified atom stereocenters. The molecule has 0 fully saturated rings. The molecule has 2 heterocycles. The topological polar surface area (TPSA) is 60.6 Å². The van der Waals surface area contributed by atoms with Crippen LogP contribution in [0.1, 0.15) is 11.3 Å². The molecule has 0 saturated carbocycles. The lowest BCUT2D eigenvalue weighted by Crippen LogP contribution is -2.21. The first-order valence-electron chi connectivity index (χ1n) is 6.12. The number of pyridine rings is 1. The fourth-order valence-corrected chi connectivity index (χ4v) is 2.42. The molecule has 0 atom stereocenters. The van der Waals surface area contributed by atoms with Crippen molar-refractivity contribution in [2.45, 2.75) is 13.0 Å². The maximum absolute atomic E-state index is 12.4. The SMILES string of the molecule is COc1cc2[nH]c3c(c(=O)c2cc1OC)COCC3. The van der Waals surface area contributed by atoms with Crippen LogP contribution in [0.15, 0.2) is 16.9 Å². The highest BCUT2D eigenvalue weighted by atomic mass is 16.5. The van der Waals surface area contributed by atoms with Crippen molar-refractivity contribution < 1.29 is 14.2 Å². The van der Waals surface area contributed by atoms with Crippen molar-refractivity contribution in [2.24, 2.45) is 0 Å². The number of nitrogens with one attached hydrogen (secondary N) is 1. The first-order chi connectivity index (χ1) is 9.24. The van der Waals surface area contributed by atoms with Crippen molar-refractivity contribution in [2.75, 3.05) is 20.8 Å². The van der Waals surface area contributed by atoms with Gasteiger partial charge in [-0.05, 0) is 6.07 Å². The van der Waals surface area contributed by atoms with E-state index in [-0.39, 0.29) is 5.43 Å². The number of aromatic nitrogens is 1. The first kappa shape index (κ1) is 12.0. The number of H-pyrrole nitrogens is 1. The zero-order chi connectivity index (χ0) is 13.4. The molecular weight excluding hydrogens is 246 g/mol. The molecule has 1 aliphatic rings. The summed E-state index contributed by atoms with van der Waals surface area (Å²) >= 11 is 0. The summed E-state index contributed by atoms with van der Waals surface area (Å²) in [5.41, 5.74) is 2.44. The minimum absolute atomic E-state index is 0.00408. The largest absolute Gasteiger partial charge is 0.493 e. The van der Waals surface area contributed by atoms with Gasteiger partial charge < -0.3 is 19.2 Å². The normalized spacial score (nSPS) is 14.2. The van der Waals surface area contributed by atoms with Crippen molar-refractivity contribution in [1.29, 1.82) is 0 Å². The van der Waals surface area contributed by atoms with Gasteiger partial charge in [-0.15, -0.1) is 0 Å². The van der Waals surface area contributed by atoms with Crippen LogP contribution < -0.4 is 14.9 Å². The first-order valence-corrected chi connectivity index (χ1v) is 6.12. The standard InChI is InChI=1S/C14H15NO4/c1-17-12-5-8-11(6-13(12)18-2)15-10-3-4-19-7-9(10)14(8)16/h5-6H,3-4,7H2,1-2H3,(H,15,16). The summed E-state index contributed by atoms with van der Waals surface area (Å²) in [6.45, 7) is 1.01. The Kier molecular flexibility index (Phi) is 2.91. The van der Waals surface area contributed by atoms with Crippen LogP contribution in [0.4, 0.5) is 0 Å². The lowest BCUT2D eigenvalue weighted by molar-refractivity contribution is 0.109. The number of aromatic amines is 1. The third-order valence-corrected chi connectivity index (χ3v) is 3.44. The molecule has 0 saturated heterocycles. The number of methoxy groups -OCH3 is 2. The Morgan fingerprint density at radius 2 is 1.95 bits per heavy atom. The summed E-state index contributed by atoms with van der Waals surface area (Å²) in [4.78, 5) is 15.7. The van der Waals surface area contributed by atoms with Crippen LogP contribution in [0.5, 0.6) is 11.5 Å². The number of ether oxygens (including phenoxy) is 3. The second-order valence-corrected chi connectivity index (χ2v) is 4.47. The van der Waals surface area contributed by atoms with E-state index in [2.05, 4.69) is 4.98 Å². The lowest BCUT2D eigenvalue weighted by atomic mass is 10.0. The van der Waals surface area contributed by atoms with E-state index in [0.29, 0.717) is 35.7 Å². The number of rotatable bonds is 2. The fourth-order valence-electron chi connectivity index (χ4n) is 2.42. The fraction of sp³-hybridized carbons (Fsp3) is 0.357. The van der Waals surface area contributed by atoms with Crippen molar-refractivity contribution in [1.82, 2.24) is 4.98 Å². The maximum Gasteiger partial charge on any atom is 0.195 e. The molecule has 19 heavy (non-hydrogen) atoms. The van der Waals surface area contributed by atoms with Gasteiger partial charge in [-0.1, -0.05) is 0 Å². The highest BCUT2D eigenvalue weighted by molar-refractivity contribution is 5.83. The van der Waals surface area contributed by atoms with E-state index in [1.54, 1.807) is 26.4 Å². The molecule has 1 N–H and O–H groups in total. The van der Waals surface area contributed by atoms with Crippen molar-refractivity contribution >= 4 is 10.9 Å². The van der Waals surface area contributed by atoms with Gasteiger partial charge in [0.25, 0.3) is 0 Å². The van der Waals surface area contributed by atoms with Gasteiger partial charge >= 0.3 is 0 Å². The van der Waals surface area contributed by atoms with Gasteiger partial charge in [0, 0.05) is 29.1 Å². The van der Waals surface area contributed by atoms with E-state index in [1.165, 1.54) is 0 Å². The Labute approximate surface area is 110 Å². The van der Waals surface area contributed by atoms with Gasteiger partial charge in [0.15, 0.2) is 16.9 Å². The second kappa shape index (κ2) is 4.59. The molecule has 0 radical (unpaired) electrons. The minimum atomic E-state index is 0.00408. The summed E-state index contributed by atoms with van der Waals surface area (Å²) in [6, 6.07) is 3.51. The molecule has 1 aromatic carbocycles. The van der Waals surface area contributed by atoms with Crippen molar-refractivity contribution in [3.05, 3.63) is 33.6 Å². The zero-order valence-electron chi connectivity index (χ0n) is 10.9. The monoisotopic (exact) mass is 261 g/mol. The quantitative estimate of drug-likeness (QED) is 0.892. The molecule has 2 aromatic rings. The summed E-state index contributed by atoms with van der Waals surface area (Å²) in [5.74, 6) is 1.16. The van der Waals surface area contributed by atoms with Gasteiger partial charge in [-0.3, -0.25) is 4.79 Å². The minimum Gasteiger partial charge on any atom is -0.493 e. The summed E-state index contributed by atoms with van der Waals surface area (Å²) in [7, 11) is 3.13. The molecule has 0 spiro atoms. The van der Waals surface area contributed by atoms with Gasteiger partial charge in [-0.2, -0.15) is 0 Å². The second-order valence-electron chi connectivity index (χ2n) is 4.47. The molecule has 0 amide bonds. The molecule has 3 rings (SSSR count). The predicted octanol–water partition coefficient (Wildman–Crippen LogP) is 1.62. The average Bonchev–Trinajstić information content (AvgIpc) is 2.46. The van der Waals surface area contributed by atoms with E-state index in [0.717, 1.165) is 17.6 Å². The Balaban J connectivity index is 2.33. The third-order valence-electron chi connectivity index (χ3n) is 3.44. The van der Waals surface area contributed by atoms with Gasteiger partial charge in [0.1, 0.15) is 0 Å². The Morgan fingerprint density at radius 3 is 2.68 bits per heavy atom. The predicted molar refractivity (Wildman–Crippen MR) is 71.0 cm³/mol. The van der Waals surface area contributed by atoms with E-state index in [9.17, 15) is 4.79 Å². The van der Waals surface area contributed by atoms with Crippen LogP contribution in [-0.2, 0) is 17.8 Å². The van der Waals surface area contributed by atoms with Crippen LogP contribution in [0, 0.1) is 0 Å². The van der Waals surface area contributed by atoms with Gasteiger partial charge in [0.2, 0.25) is 0 Å². The van der Waals surface area contributed by atoms with Crippen LogP contribution in [0.2, 0.25) is 0 Å². The third kappa shape index (κ3) is 1.86. The molecule has 5 nitrogen and oxygen atoms in total. The van der Waals surface area contributed by atoms with E-state index < -0.39 is 0 Å². The van der Waals surface area contributed by atoms with Crippen molar-refractivity contribution in [3.63, 3.8) is 0 Å². The maximum atomic E-state index is 12.4. The Morgan fingerprint density at radius 1 is 1.21 bits per heavy atom. The van der Waals surface area contributed by atoms with Gasteiger partial charge in [-0.25, -0.2) is 0 Å². The Hall–Kier alpha value is -2.01. The summed E-state index contributed by atoms with van der Waals surface area (Å²) < 4.78 is 15.8. The molecule has 5 heteroatoms. The number of fused-ring (bicyclic) bond motifs is 2. The summed E-state index contributed by atoms with van der Waals surface area (Å²) in [5, 5.41) is 0.599. The number of benzene rings is 1. The molecule has 100 valence electrons. The van der Waals surface area contributed by atoms with Crippen LogP contribution in [-0.4, -0.2) is 25.8 Å². The van der Waals surface area contributed by atoms with E-state index in [1.807, 2.05) is 0 Å². The lowest BCUT2D eigenvalue weighted by Gasteiger charge is -2.17. The highest BCUT2D eigenvalue weighted by Crippen LogP contribution is 2.31. The molecule has 0 aliphatic carbocycles. The zero-order valence-corrected chi connectivity index (χ0v) is 10.9. The number of hydrogen-bond donors (Lipinski definition) is 1. The highest BCUT2D eigenvalue weighted by Gasteiger charge is 2.17. The molecule has 0 bridgehead atoms. The van der Waals surface area contributed by atoms with Gasteiger partial charge in [0.05, 0.1) is 33.0 Å². The van der Waals surface area contributed by atoms with Crippen LogP contribution in [0.25, 0.3) is 10.9 Å². The summed E-state index contributed by atoms with van der Waals surface area (Å²) in [6.07, 6.45) is 0.731. The van der Waals surface area contributed by atoms with Crippen LogP contribution >= 0.6 is 0 Å². The molecular formula is C14H15NO4.